The maximum atomic E-state index is 12.0. The Morgan fingerprint density at radius 3 is 2.63 bits per heavy atom. The molecule has 0 saturated carbocycles. The number of aromatic nitrogens is 2. The first-order valence-corrected chi connectivity index (χ1v) is 7.72. The third-order valence-electron chi connectivity index (χ3n) is 2.88. The number of sulfonamides is 1. The second-order valence-corrected chi connectivity index (χ2v) is 6.35. The maximum absolute atomic E-state index is 12.0. The van der Waals surface area contributed by atoms with E-state index in [0.717, 1.165) is 11.3 Å². The van der Waals surface area contributed by atoms with E-state index in [4.69, 9.17) is 0 Å². The molecule has 0 fully saturated rings. The summed E-state index contributed by atoms with van der Waals surface area (Å²) in [6, 6.07) is 11.4. The Morgan fingerprint density at radius 1 is 1.26 bits per heavy atom. The molecule has 5 nitrogen and oxygen atoms in total. The van der Waals surface area contributed by atoms with Crippen LogP contribution in [0.1, 0.15) is 24.1 Å². The second kappa shape index (κ2) is 5.99. The molecule has 2 N–H and O–H groups in total. The van der Waals surface area contributed by atoms with Crippen LogP contribution in [0.15, 0.2) is 42.6 Å². The number of nitrogens with zero attached hydrogens (tertiary/aromatic N) is 1. The summed E-state index contributed by atoms with van der Waals surface area (Å²) >= 11 is 0. The molecule has 0 spiro atoms. The first-order chi connectivity index (χ1) is 9.07. The zero-order valence-corrected chi connectivity index (χ0v) is 11.5. The van der Waals surface area contributed by atoms with Crippen LogP contribution in [-0.4, -0.2) is 24.4 Å². The summed E-state index contributed by atoms with van der Waals surface area (Å²) in [6.07, 6.45) is 1.59. The highest BCUT2D eigenvalue weighted by Crippen LogP contribution is 2.16. The zero-order chi connectivity index (χ0) is 13.7. The van der Waals surface area contributed by atoms with E-state index in [1.54, 1.807) is 12.3 Å². The molecule has 0 radical (unpaired) electrons. The van der Waals surface area contributed by atoms with Gasteiger partial charge in [0.15, 0.2) is 0 Å². The van der Waals surface area contributed by atoms with Crippen molar-refractivity contribution in [1.82, 2.24) is 14.9 Å². The molecule has 1 aromatic heterocycles. The molecule has 102 valence electrons. The number of nitrogens with one attached hydrogen (secondary N) is 2. The van der Waals surface area contributed by atoms with Gasteiger partial charge in [-0.25, -0.2) is 13.1 Å². The third-order valence-corrected chi connectivity index (χ3v) is 4.40. The van der Waals surface area contributed by atoms with E-state index in [-0.39, 0.29) is 18.2 Å². The zero-order valence-electron chi connectivity index (χ0n) is 10.7. The molecule has 2 rings (SSSR count). The molecule has 1 aromatic carbocycles. The fourth-order valence-electron chi connectivity index (χ4n) is 1.84. The average molecular weight is 279 g/mol. The Morgan fingerprint density at radius 2 is 2.00 bits per heavy atom. The molecule has 0 aliphatic rings. The van der Waals surface area contributed by atoms with Gasteiger partial charge in [0.2, 0.25) is 10.0 Å². The standard InChI is InChI=1S/C13H17N3O2S/c1-11(12-5-3-2-4-6-12)10-19(17,18)15-9-13-7-8-14-16-13/h2-8,11,15H,9-10H2,1H3,(H,14,16). The van der Waals surface area contributed by atoms with Gasteiger partial charge in [-0.15, -0.1) is 0 Å². The smallest absolute Gasteiger partial charge is 0.212 e. The number of benzene rings is 1. The van der Waals surface area contributed by atoms with Crippen LogP contribution in [0.4, 0.5) is 0 Å². The van der Waals surface area contributed by atoms with Crippen LogP contribution in [0.2, 0.25) is 0 Å². The Balaban J connectivity index is 1.93. The third kappa shape index (κ3) is 4.18. The number of H-pyrrole nitrogens is 1. The summed E-state index contributed by atoms with van der Waals surface area (Å²) in [5.74, 6) is 0.0333. The number of rotatable bonds is 6. The van der Waals surface area contributed by atoms with Crippen molar-refractivity contribution >= 4 is 10.0 Å². The van der Waals surface area contributed by atoms with Crippen molar-refractivity contribution in [3.63, 3.8) is 0 Å². The van der Waals surface area contributed by atoms with E-state index in [1.165, 1.54) is 0 Å². The molecule has 1 unspecified atom stereocenters. The predicted octanol–water partition coefficient (Wildman–Crippen LogP) is 1.63. The van der Waals surface area contributed by atoms with Gasteiger partial charge in [0.25, 0.3) is 0 Å². The normalized spacial score (nSPS) is 13.3. The van der Waals surface area contributed by atoms with E-state index in [1.807, 2.05) is 37.3 Å². The van der Waals surface area contributed by atoms with Crippen LogP contribution >= 0.6 is 0 Å². The lowest BCUT2D eigenvalue weighted by atomic mass is 10.0. The minimum absolute atomic E-state index is 0.0412. The minimum Gasteiger partial charge on any atom is -0.281 e. The molecule has 0 saturated heterocycles. The molecule has 1 heterocycles. The fraction of sp³-hybridized carbons (Fsp3) is 0.308. The van der Waals surface area contributed by atoms with Gasteiger partial charge in [0.05, 0.1) is 18.0 Å². The molecular weight excluding hydrogens is 262 g/mol. The highest BCUT2D eigenvalue weighted by atomic mass is 32.2. The van der Waals surface area contributed by atoms with Crippen LogP contribution in [-0.2, 0) is 16.6 Å². The van der Waals surface area contributed by atoms with Crippen LogP contribution in [0.25, 0.3) is 0 Å². The molecule has 0 aliphatic carbocycles. The van der Waals surface area contributed by atoms with Crippen LogP contribution in [0.5, 0.6) is 0 Å². The van der Waals surface area contributed by atoms with Crippen LogP contribution in [0.3, 0.4) is 0 Å². The Hall–Kier alpha value is -1.66. The lowest BCUT2D eigenvalue weighted by molar-refractivity contribution is 0.575. The molecule has 2 aromatic rings. The maximum Gasteiger partial charge on any atom is 0.212 e. The topological polar surface area (TPSA) is 74.8 Å². The average Bonchev–Trinajstić information content (AvgIpc) is 2.90. The lowest BCUT2D eigenvalue weighted by Gasteiger charge is -2.12. The van der Waals surface area contributed by atoms with E-state index >= 15 is 0 Å². The van der Waals surface area contributed by atoms with Crippen molar-refractivity contribution in [1.29, 1.82) is 0 Å². The number of aromatic amines is 1. The van der Waals surface area contributed by atoms with Crippen LogP contribution < -0.4 is 4.72 Å². The summed E-state index contributed by atoms with van der Waals surface area (Å²) < 4.78 is 26.5. The van der Waals surface area contributed by atoms with Gasteiger partial charge in [-0.05, 0) is 17.5 Å². The van der Waals surface area contributed by atoms with Gasteiger partial charge >= 0.3 is 0 Å². The SMILES string of the molecule is CC(CS(=O)(=O)NCc1ccn[nH]1)c1ccccc1. The summed E-state index contributed by atoms with van der Waals surface area (Å²) in [5, 5.41) is 6.49. The van der Waals surface area contributed by atoms with Gasteiger partial charge in [-0.2, -0.15) is 5.10 Å². The number of hydrogen-bond acceptors (Lipinski definition) is 3. The van der Waals surface area contributed by atoms with Gasteiger partial charge < -0.3 is 0 Å². The molecule has 0 aliphatic heterocycles. The molecule has 0 bridgehead atoms. The van der Waals surface area contributed by atoms with Gasteiger partial charge in [0.1, 0.15) is 0 Å². The summed E-state index contributed by atoms with van der Waals surface area (Å²) in [6.45, 7) is 2.15. The van der Waals surface area contributed by atoms with E-state index in [0.29, 0.717) is 0 Å². The Labute approximate surface area is 113 Å². The fourth-order valence-corrected chi connectivity index (χ4v) is 3.18. The molecule has 19 heavy (non-hydrogen) atoms. The first-order valence-electron chi connectivity index (χ1n) is 6.07. The van der Waals surface area contributed by atoms with Crippen molar-refractivity contribution in [3.8, 4) is 0 Å². The predicted molar refractivity (Wildman–Crippen MR) is 74.1 cm³/mol. The molecule has 6 heteroatoms. The highest BCUT2D eigenvalue weighted by molar-refractivity contribution is 7.89. The molecular formula is C13H17N3O2S. The first kappa shape index (κ1) is 13.8. The number of hydrogen-bond donors (Lipinski definition) is 2. The largest absolute Gasteiger partial charge is 0.281 e. The van der Waals surface area contributed by atoms with Crippen molar-refractivity contribution < 1.29 is 8.42 Å². The highest BCUT2D eigenvalue weighted by Gasteiger charge is 2.16. The van der Waals surface area contributed by atoms with Crippen LogP contribution in [0, 0.1) is 0 Å². The van der Waals surface area contributed by atoms with E-state index < -0.39 is 10.0 Å². The summed E-state index contributed by atoms with van der Waals surface area (Å²) in [5.41, 5.74) is 1.77. The monoisotopic (exact) mass is 279 g/mol. The second-order valence-electron chi connectivity index (χ2n) is 4.50. The minimum atomic E-state index is -3.30. The molecule has 0 amide bonds. The van der Waals surface area contributed by atoms with Crippen molar-refractivity contribution in [2.75, 3.05) is 5.75 Å². The van der Waals surface area contributed by atoms with Gasteiger partial charge in [-0.3, -0.25) is 5.10 Å². The summed E-state index contributed by atoms with van der Waals surface area (Å²) in [4.78, 5) is 0. The summed E-state index contributed by atoms with van der Waals surface area (Å²) in [7, 11) is -3.30. The van der Waals surface area contributed by atoms with Gasteiger partial charge in [-0.1, -0.05) is 37.3 Å². The quantitative estimate of drug-likeness (QED) is 0.844. The Kier molecular flexibility index (Phi) is 4.34. The van der Waals surface area contributed by atoms with E-state index in [9.17, 15) is 8.42 Å². The lowest BCUT2D eigenvalue weighted by Crippen LogP contribution is -2.28. The molecule has 1 atom stereocenters. The van der Waals surface area contributed by atoms with E-state index in [2.05, 4.69) is 14.9 Å². The Bertz CT molecular complexity index is 594. The van der Waals surface area contributed by atoms with Crippen molar-refractivity contribution in [2.24, 2.45) is 0 Å². The van der Waals surface area contributed by atoms with Crippen molar-refractivity contribution in [2.45, 2.75) is 19.4 Å². The van der Waals surface area contributed by atoms with Crippen molar-refractivity contribution in [3.05, 3.63) is 53.9 Å². The van der Waals surface area contributed by atoms with Gasteiger partial charge in [0, 0.05) is 6.20 Å².